The molecule has 0 bridgehead atoms. The summed E-state index contributed by atoms with van der Waals surface area (Å²) in [6.07, 6.45) is 4.08. The number of piperidine rings is 1. The molecular formula is C12H18FNO2. The maximum Gasteiger partial charge on any atom is 0.410 e. The second-order valence-electron chi connectivity index (χ2n) is 5.00. The third-order valence-electron chi connectivity index (χ3n) is 2.41. The van der Waals surface area contributed by atoms with E-state index in [0.717, 1.165) is 0 Å². The van der Waals surface area contributed by atoms with E-state index in [1.807, 2.05) is 0 Å². The van der Waals surface area contributed by atoms with Crippen molar-refractivity contribution in [2.45, 2.75) is 39.0 Å². The van der Waals surface area contributed by atoms with E-state index < -0.39 is 17.9 Å². The minimum absolute atomic E-state index is 0.0315. The summed E-state index contributed by atoms with van der Waals surface area (Å²) in [7, 11) is 0. The molecule has 1 aliphatic rings. The lowest BCUT2D eigenvalue weighted by Gasteiger charge is -2.33. The molecule has 0 spiro atoms. The van der Waals surface area contributed by atoms with Gasteiger partial charge in [-0.25, -0.2) is 9.18 Å². The van der Waals surface area contributed by atoms with Crippen LogP contribution in [0.3, 0.4) is 0 Å². The van der Waals surface area contributed by atoms with Crippen LogP contribution in [0.2, 0.25) is 0 Å². The van der Waals surface area contributed by atoms with Gasteiger partial charge in [-0.2, -0.15) is 0 Å². The number of carbonyl (C=O) groups excluding carboxylic acids is 1. The van der Waals surface area contributed by atoms with Crippen molar-refractivity contribution in [3.8, 4) is 12.3 Å². The van der Waals surface area contributed by atoms with E-state index in [2.05, 4.69) is 5.92 Å². The number of carbonyl (C=O) groups is 1. The van der Waals surface area contributed by atoms with Gasteiger partial charge in [-0.1, -0.05) is 0 Å². The molecule has 90 valence electrons. The predicted octanol–water partition coefficient (Wildman–Crippen LogP) is 2.21. The molecule has 4 heteroatoms. The Bertz CT molecular complexity index is 303. The zero-order valence-corrected chi connectivity index (χ0v) is 10.00. The normalized spacial score (nSPS) is 26.1. The SMILES string of the molecule is C#CC1CCN(C(=O)OC(C)(C)C)CC1F. The third kappa shape index (κ3) is 3.41. The molecule has 16 heavy (non-hydrogen) atoms. The van der Waals surface area contributed by atoms with Gasteiger partial charge in [-0.3, -0.25) is 0 Å². The third-order valence-corrected chi connectivity index (χ3v) is 2.41. The molecule has 2 atom stereocenters. The maximum absolute atomic E-state index is 13.5. The summed E-state index contributed by atoms with van der Waals surface area (Å²) >= 11 is 0. The van der Waals surface area contributed by atoms with Crippen LogP contribution < -0.4 is 0 Å². The molecule has 1 rings (SSSR count). The molecule has 0 aromatic carbocycles. The molecule has 1 fully saturated rings. The Balaban J connectivity index is 2.52. The molecule has 0 aliphatic carbocycles. The van der Waals surface area contributed by atoms with E-state index in [4.69, 9.17) is 11.2 Å². The molecule has 1 amide bonds. The van der Waals surface area contributed by atoms with Crippen LogP contribution in [-0.4, -0.2) is 35.9 Å². The van der Waals surface area contributed by atoms with Crippen molar-refractivity contribution < 1.29 is 13.9 Å². The lowest BCUT2D eigenvalue weighted by molar-refractivity contribution is 0.00977. The van der Waals surface area contributed by atoms with Crippen LogP contribution in [0.1, 0.15) is 27.2 Å². The van der Waals surface area contributed by atoms with E-state index in [1.54, 1.807) is 20.8 Å². The van der Waals surface area contributed by atoms with Crippen LogP contribution in [-0.2, 0) is 4.74 Å². The van der Waals surface area contributed by atoms with Crippen molar-refractivity contribution in [2.24, 2.45) is 5.92 Å². The van der Waals surface area contributed by atoms with E-state index in [-0.39, 0.29) is 12.5 Å². The highest BCUT2D eigenvalue weighted by Crippen LogP contribution is 2.21. The Kier molecular flexibility index (Phi) is 3.79. The van der Waals surface area contributed by atoms with Crippen molar-refractivity contribution in [1.82, 2.24) is 4.90 Å². The molecular weight excluding hydrogens is 209 g/mol. The van der Waals surface area contributed by atoms with Crippen LogP contribution in [0.15, 0.2) is 0 Å². The summed E-state index contributed by atoms with van der Waals surface area (Å²) in [6, 6.07) is 0. The first kappa shape index (κ1) is 12.8. The highest BCUT2D eigenvalue weighted by Gasteiger charge is 2.32. The largest absolute Gasteiger partial charge is 0.444 e. The van der Waals surface area contributed by atoms with E-state index >= 15 is 0 Å². The Morgan fingerprint density at radius 3 is 2.62 bits per heavy atom. The summed E-state index contributed by atoms with van der Waals surface area (Å²) in [6.45, 7) is 5.85. The van der Waals surface area contributed by atoms with Gasteiger partial charge in [0.15, 0.2) is 0 Å². The van der Waals surface area contributed by atoms with Gasteiger partial charge in [0.2, 0.25) is 0 Å². The van der Waals surface area contributed by atoms with Gasteiger partial charge < -0.3 is 9.64 Å². The van der Waals surface area contributed by atoms with Crippen LogP contribution in [0.5, 0.6) is 0 Å². The van der Waals surface area contributed by atoms with Gasteiger partial charge in [0.25, 0.3) is 0 Å². The standard InChI is InChI=1S/C12H18FNO2/c1-5-9-6-7-14(8-10(9)13)11(15)16-12(2,3)4/h1,9-10H,6-8H2,2-4H3. The van der Waals surface area contributed by atoms with Crippen molar-refractivity contribution >= 4 is 6.09 Å². The van der Waals surface area contributed by atoms with Gasteiger partial charge in [0.05, 0.1) is 12.5 Å². The van der Waals surface area contributed by atoms with Gasteiger partial charge >= 0.3 is 6.09 Å². The van der Waals surface area contributed by atoms with E-state index in [9.17, 15) is 9.18 Å². The summed E-state index contributed by atoms with van der Waals surface area (Å²) in [4.78, 5) is 13.0. The zero-order chi connectivity index (χ0) is 12.3. The number of hydrogen-bond acceptors (Lipinski definition) is 2. The van der Waals surface area contributed by atoms with Crippen LogP contribution in [0.4, 0.5) is 9.18 Å². The Morgan fingerprint density at radius 2 is 2.19 bits per heavy atom. The first-order valence-corrected chi connectivity index (χ1v) is 5.41. The molecule has 0 aromatic heterocycles. The first-order chi connectivity index (χ1) is 7.33. The molecule has 0 N–H and O–H groups in total. The van der Waals surface area contributed by atoms with E-state index in [0.29, 0.717) is 13.0 Å². The molecule has 2 unspecified atom stereocenters. The number of halogens is 1. The van der Waals surface area contributed by atoms with Crippen molar-refractivity contribution in [3.05, 3.63) is 0 Å². The quantitative estimate of drug-likeness (QED) is 0.594. The fraction of sp³-hybridized carbons (Fsp3) is 0.750. The first-order valence-electron chi connectivity index (χ1n) is 5.41. The van der Waals surface area contributed by atoms with Crippen LogP contribution in [0, 0.1) is 18.3 Å². The fourth-order valence-corrected chi connectivity index (χ4v) is 1.58. The lowest BCUT2D eigenvalue weighted by Crippen LogP contribution is -2.46. The van der Waals surface area contributed by atoms with Crippen molar-refractivity contribution in [2.75, 3.05) is 13.1 Å². The number of nitrogens with zero attached hydrogens (tertiary/aromatic N) is 1. The predicted molar refractivity (Wildman–Crippen MR) is 59.6 cm³/mol. The summed E-state index contributed by atoms with van der Waals surface area (Å²) in [5, 5.41) is 0. The number of alkyl halides is 1. The highest BCUT2D eigenvalue weighted by molar-refractivity contribution is 5.68. The lowest BCUT2D eigenvalue weighted by atomic mass is 9.96. The number of rotatable bonds is 0. The number of ether oxygens (including phenoxy) is 1. The van der Waals surface area contributed by atoms with Crippen LogP contribution >= 0.6 is 0 Å². The molecule has 3 nitrogen and oxygen atoms in total. The molecule has 0 radical (unpaired) electrons. The minimum Gasteiger partial charge on any atom is -0.444 e. The number of amides is 1. The Morgan fingerprint density at radius 1 is 1.56 bits per heavy atom. The van der Waals surface area contributed by atoms with Gasteiger partial charge in [-0.05, 0) is 27.2 Å². The van der Waals surface area contributed by atoms with Gasteiger partial charge in [-0.15, -0.1) is 12.3 Å². The summed E-state index contributed by atoms with van der Waals surface area (Å²) in [5.74, 6) is 2.03. The maximum atomic E-state index is 13.5. The summed E-state index contributed by atoms with van der Waals surface area (Å²) in [5.41, 5.74) is -0.550. The van der Waals surface area contributed by atoms with Crippen molar-refractivity contribution in [3.63, 3.8) is 0 Å². The second-order valence-corrected chi connectivity index (χ2v) is 5.00. The molecule has 1 heterocycles. The van der Waals surface area contributed by atoms with E-state index in [1.165, 1.54) is 4.90 Å². The zero-order valence-electron chi connectivity index (χ0n) is 10.00. The molecule has 1 aliphatic heterocycles. The topological polar surface area (TPSA) is 29.5 Å². The fourth-order valence-electron chi connectivity index (χ4n) is 1.58. The second kappa shape index (κ2) is 4.73. The van der Waals surface area contributed by atoms with Crippen LogP contribution in [0.25, 0.3) is 0 Å². The molecule has 0 aromatic rings. The van der Waals surface area contributed by atoms with Crippen molar-refractivity contribution in [1.29, 1.82) is 0 Å². The number of likely N-dealkylation sites (tertiary alicyclic amines) is 1. The smallest absolute Gasteiger partial charge is 0.410 e. The van der Waals surface area contributed by atoms with Gasteiger partial charge in [0, 0.05) is 6.54 Å². The highest BCUT2D eigenvalue weighted by atomic mass is 19.1. The minimum atomic E-state index is -1.15. The number of terminal acetylenes is 1. The average Bonchev–Trinajstić information content (AvgIpc) is 2.15. The average molecular weight is 227 g/mol. The molecule has 1 saturated heterocycles. The molecule has 0 saturated carbocycles. The Labute approximate surface area is 95.9 Å². The van der Waals surface area contributed by atoms with Gasteiger partial charge in [0.1, 0.15) is 11.8 Å². The monoisotopic (exact) mass is 227 g/mol. The number of hydrogen-bond donors (Lipinski definition) is 0. The summed E-state index contributed by atoms with van der Waals surface area (Å²) < 4.78 is 18.7. The Hall–Kier alpha value is -1.24.